The van der Waals surface area contributed by atoms with Gasteiger partial charge in [-0.25, -0.2) is 9.59 Å². The second-order valence-corrected chi connectivity index (χ2v) is 13.1. The first-order chi connectivity index (χ1) is 25.9. The van der Waals surface area contributed by atoms with E-state index in [1.165, 1.54) is 48.4 Å². The molecule has 7 rings (SSSR count). The van der Waals surface area contributed by atoms with Crippen LogP contribution in [0.1, 0.15) is 11.1 Å². The lowest BCUT2D eigenvalue weighted by Crippen LogP contribution is -2.63. The number of ether oxygens (including phenoxy) is 3. The van der Waals surface area contributed by atoms with Crippen molar-refractivity contribution >= 4 is 33.8 Å². The summed E-state index contributed by atoms with van der Waals surface area (Å²) in [6.07, 6.45) is -2.84. The highest BCUT2D eigenvalue weighted by atomic mass is 16.8. The monoisotopic (exact) mass is 739 g/mol. The van der Waals surface area contributed by atoms with Gasteiger partial charge in [-0.05, 0) is 68.9 Å². The van der Waals surface area contributed by atoms with Crippen LogP contribution in [-0.4, -0.2) is 92.5 Å². The van der Waals surface area contributed by atoms with Crippen LogP contribution in [0, 0.1) is 13.8 Å². The van der Waals surface area contributed by atoms with Crippen LogP contribution in [-0.2, 0) is 19.1 Å². The van der Waals surface area contributed by atoms with Gasteiger partial charge in [0, 0.05) is 23.2 Å². The first-order valence-corrected chi connectivity index (χ1v) is 17.0. The van der Waals surface area contributed by atoms with Gasteiger partial charge in [-0.1, -0.05) is 29.3 Å². The maximum atomic E-state index is 13.4. The lowest BCUT2D eigenvalue weighted by Gasteiger charge is -2.41. The minimum atomic E-state index is -1.69. The van der Waals surface area contributed by atoms with E-state index in [-0.39, 0.29) is 33.5 Å². The minimum Gasteiger partial charge on any atom is -0.508 e. The van der Waals surface area contributed by atoms with Gasteiger partial charge >= 0.3 is 11.9 Å². The van der Waals surface area contributed by atoms with Crippen LogP contribution < -0.4 is 20.3 Å². The van der Waals surface area contributed by atoms with Crippen molar-refractivity contribution in [2.24, 2.45) is 0 Å². The second-order valence-electron chi connectivity index (χ2n) is 13.1. The van der Waals surface area contributed by atoms with E-state index in [1.807, 2.05) is 38.1 Å². The molecule has 0 bridgehead atoms. The summed E-state index contributed by atoms with van der Waals surface area (Å²) < 4.78 is 24.8. The van der Waals surface area contributed by atoms with Crippen molar-refractivity contribution in [3.63, 3.8) is 0 Å². The van der Waals surface area contributed by atoms with Gasteiger partial charge < -0.3 is 48.9 Å². The summed E-state index contributed by atoms with van der Waals surface area (Å²) in [6, 6.07) is 16.7. The van der Waals surface area contributed by atoms with Crippen LogP contribution >= 0.6 is 0 Å². The molecule has 0 amide bonds. The molecule has 6 N–H and O–H groups in total. The zero-order valence-electron chi connectivity index (χ0n) is 29.3. The zero-order valence-corrected chi connectivity index (χ0v) is 29.3. The van der Waals surface area contributed by atoms with E-state index < -0.39 is 55.3 Å². The van der Waals surface area contributed by atoms with Crippen molar-refractivity contribution < 1.29 is 53.5 Å². The van der Waals surface area contributed by atoms with E-state index >= 15 is 0 Å². The van der Waals surface area contributed by atoms with Crippen molar-refractivity contribution in [2.75, 3.05) is 13.7 Å². The number of carbonyl (C=O) groups is 2. The van der Waals surface area contributed by atoms with Crippen LogP contribution in [0.3, 0.4) is 0 Å². The summed E-state index contributed by atoms with van der Waals surface area (Å²) in [5.74, 6) is -2.42. The second kappa shape index (κ2) is 14.7. The van der Waals surface area contributed by atoms with Gasteiger partial charge in [-0.3, -0.25) is 10.1 Å². The van der Waals surface area contributed by atoms with Gasteiger partial charge in [0.25, 0.3) is 0 Å². The Morgan fingerprint density at radius 2 is 1.72 bits per heavy atom. The fourth-order valence-electron chi connectivity index (χ4n) is 6.59. The van der Waals surface area contributed by atoms with E-state index in [9.17, 15) is 34.8 Å². The predicted molar refractivity (Wildman–Crippen MR) is 194 cm³/mol. The number of likely N-dealkylation sites (N-methyl/N-ethyl adjacent to an activating group) is 1. The largest absolute Gasteiger partial charge is 0.508 e. The molecule has 1 saturated heterocycles. The molecule has 15 nitrogen and oxygen atoms in total. The number of rotatable bonds is 11. The standard InChI is InChI=1S/C39H37N3O12/c1-19-12-20(2)14-23(13-19)32-30-22(10-11-41-30)16-42(32)54-36-35(46)34(45)29(18-51-38(49)31(40-3)37(47)48)53-39(36)52-25-8-9-26-28(15-25)50-17-27(33(26)44)21-4-6-24(43)7-5-21/h4-17,29,31,34-36,39-41,43,45-46H,18H2,1-3H3,(H,47,48)/t29-,31+,34-,35+,36-,39-/m0/s1. The first-order valence-electron chi connectivity index (χ1n) is 17.0. The molecule has 54 heavy (non-hydrogen) atoms. The van der Waals surface area contributed by atoms with Gasteiger partial charge in [0.2, 0.25) is 18.4 Å². The fraction of sp³-hybridized carbons (Fsp3) is 0.256. The smallest absolute Gasteiger partial charge is 0.334 e. The van der Waals surface area contributed by atoms with Gasteiger partial charge in [-0.2, -0.15) is 4.73 Å². The van der Waals surface area contributed by atoms with E-state index in [0.29, 0.717) is 11.3 Å². The molecule has 0 unspecified atom stereocenters. The Hall–Kier alpha value is -6.13. The Bertz CT molecular complexity index is 2380. The number of carboxylic acid groups (broad SMARTS) is 1. The number of carboxylic acids is 1. The summed E-state index contributed by atoms with van der Waals surface area (Å²) in [4.78, 5) is 47.1. The predicted octanol–water partition coefficient (Wildman–Crippen LogP) is 3.27. The molecule has 0 saturated carbocycles. The molecule has 280 valence electrons. The summed E-state index contributed by atoms with van der Waals surface area (Å²) in [5.41, 5.74) is 4.88. The van der Waals surface area contributed by atoms with E-state index in [4.69, 9.17) is 23.5 Å². The first kappa shape index (κ1) is 36.2. The van der Waals surface area contributed by atoms with Gasteiger partial charge in [0.1, 0.15) is 54.0 Å². The highest BCUT2D eigenvalue weighted by molar-refractivity contribution is 5.98. The SMILES string of the molecule is CN[C@H](C(=O)O)C(=O)OC[C@@H]1O[C@H](Oc2ccc3c(=O)c(-c4ccc(O)cc4)coc3c2)[C@@H](On2cc3cc[nH]c3c2-c2cc(C)cc(C)c2)[C@H](O)[C@H]1O. The molecule has 3 aromatic carbocycles. The van der Waals surface area contributed by atoms with E-state index in [2.05, 4.69) is 10.3 Å². The number of fused-ring (bicyclic) bond motifs is 2. The number of nitrogens with zero attached hydrogens (tertiary/aromatic N) is 1. The molecular formula is C39H37N3O12. The molecule has 6 aromatic rings. The number of phenolic OH excluding ortho intramolecular Hbond substituents is 1. The number of hydrogen-bond donors (Lipinski definition) is 6. The van der Waals surface area contributed by atoms with Crippen LogP contribution in [0.25, 0.3) is 44.3 Å². The highest BCUT2D eigenvalue weighted by Crippen LogP contribution is 2.33. The maximum absolute atomic E-state index is 13.4. The number of aliphatic hydroxyl groups excluding tert-OH is 2. The number of benzene rings is 3. The highest BCUT2D eigenvalue weighted by Gasteiger charge is 2.49. The third kappa shape index (κ3) is 7.00. The molecule has 6 atom stereocenters. The Labute approximate surface area is 306 Å². The number of carbonyl (C=O) groups excluding carboxylic acids is 1. The zero-order chi connectivity index (χ0) is 38.3. The van der Waals surface area contributed by atoms with Crippen LogP contribution in [0.15, 0.2) is 94.6 Å². The summed E-state index contributed by atoms with van der Waals surface area (Å²) in [7, 11) is 1.27. The van der Waals surface area contributed by atoms with Crippen LogP contribution in [0.2, 0.25) is 0 Å². The van der Waals surface area contributed by atoms with E-state index in [1.54, 1.807) is 24.5 Å². The number of aryl methyl sites for hydroxylation is 2. The third-order valence-corrected chi connectivity index (χ3v) is 9.21. The van der Waals surface area contributed by atoms with Gasteiger partial charge in [0.05, 0.1) is 22.7 Å². The topological polar surface area (TPSA) is 215 Å². The van der Waals surface area contributed by atoms with Crippen LogP contribution in [0.4, 0.5) is 0 Å². The van der Waals surface area contributed by atoms with Crippen molar-refractivity contribution in [1.29, 1.82) is 0 Å². The van der Waals surface area contributed by atoms with Crippen molar-refractivity contribution in [1.82, 2.24) is 15.0 Å². The molecule has 0 radical (unpaired) electrons. The van der Waals surface area contributed by atoms with Gasteiger partial charge in [0.15, 0.2) is 5.43 Å². The molecule has 1 aliphatic heterocycles. The van der Waals surface area contributed by atoms with Gasteiger partial charge in [-0.15, -0.1) is 0 Å². The number of aliphatic carboxylic acids is 1. The fourth-order valence-corrected chi connectivity index (χ4v) is 6.59. The number of aliphatic hydroxyl groups is 2. The number of H-pyrrole nitrogens is 1. The Balaban J connectivity index is 1.23. The minimum absolute atomic E-state index is 0.0502. The summed E-state index contributed by atoms with van der Waals surface area (Å²) >= 11 is 0. The number of aromatic nitrogens is 2. The number of aromatic hydroxyl groups is 1. The number of esters is 1. The molecule has 0 aliphatic carbocycles. The molecular weight excluding hydrogens is 702 g/mol. The maximum Gasteiger partial charge on any atom is 0.334 e. The normalized spacial score (nSPS) is 20.5. The Kier molecular flexibility index (Phi) is 9.87. The number of aromatic amines is 1. The lowest BCUT2D eigenvalue weighted by atomic mass is 9.99. The summed E-state index contributed by atoms with van der Waals surface area (Å²) in [5, 5.41) is 45.2. The third-order valence-electron chi connectivity index (χ3n) is 9.21. The molecule has 1 fully saturated rings. The lowest BCUT2D eigenvalue weighted by molar-refractivity contribution is -0.287. The quantitative estimate of drug-likeness (QED) is 0.0833. The van der Waals surface area contributed by atoms with E-state index in [0.717, 1.165) is 27.6 Å². The number of nitrogens with one attached hydrogen (secondary N) is 2. The molecule has 3 aromatic heterocycles. The molecule has 1 aliphatic rings. The average Bonchev–Trinajstić information content (AvgIpc) is 3.72. The Morgan fingerprint density at radius 3 is 2.43 bits per heavy atom. The summed E-state index contributed by atoms with van der Waals surface area (Å²) in [6.45, 7) is 3.30. The molecule has 4 heterocycles. The van der Waals surface area contributed by atoms with Crippen LogP contribution in [0.5, 0.6) is 11.5 Å². The number of phenols is 1. The van der Waals surface area contributed by atoms with Crippen molar-refractivity contribution in [3.8, 4) is 33.9 Å². The number of hydrogen-bond acceptors (Lipinski definition) is 12. The average molecular weight is 740 g/mol. The molecule has 0 spiro atoms. The van der Waals surface area contributed by atoms with Crippen molar-refractivity contribution in [3.05, 3.63) is 107 Å². The molecule has 15 heteroatoms. The van der Waals surface area contributed by atoms with Crippen molar-refractivity contribution in [2.45, 2.75) is 50.6 Å². The Morgan fingerprint density at radius 1 is 0.981 bits per heavy atom.